The van der Waals surface area contributed by atoms with E-state index < -0.39 is 0 Å². The Kier molecular flexibility index (Phi) is 4.11. The van der Waals surface area contributed by atoms with Crippen LogP contribution in [-0.2, 0) is 4.74 Å². The van der Waals surface area contributed by atoms with Gasteiger partial charge in [-0.05, 0) is 46.0 Å². The first kappa shape index (κ1) is 13.3. The van der Waals surface area contributed by atoms with Crippen molar-refractivity contribution in [1.82, 2.24) is 5.32 Å². The van der Waals surface area contributed by atoms with Gasteiger partial charge in [0.15, 0.2) is 0 Å². The zero-order valence-electron chi connectivity index (χ0n) is 11.3. The second kappa shape index (κ2) is 5.25. The van der Waals surface area contributed by atoms with E-state index in [1.807, 2.05) is 0 Å². The first-order valence-electron chi connectivity index (χ1n) is 7.09. The van der Waals surface area contributed by atoms with E-state index in [1.54, 1.807) is 0 Å². The van der Waals surface area contributed by atoms with E-state index in [0.29, 0.717) is 6.10 Å². The minimum atomic E-state index is 0.0174. The number of rotatable bonds is 5. The van der Waals surface area contributed by atoms with Gasteiger partial charge in [0.05, 0.1) is 11.7 Å². The number of aliphatic hydroxyl groups is 1. The van der Waals surface area contributed by atoms with Crippen LogP contribution in [0, 0.1) is 0 Å². The molecule has 2 aliphatic rings. The van der Waals surface area contributed by atoms with Crippen molar-refractivity contribution in [2.24, 2.45) is 0 Å². The Bertz CT molecular complexity index is 247. The van der Waals surface area contributed by atoms with Gasteiger partial charge in [-0.3, -0.25) is 0 Å². The van der Waals surface area contributed by atoms with Gasteiger partial charge >= 0.3 is 0 Å². The molecule has 2 rings (SSSR count). The monoisotopic (exact) mass is 241 g/mol. The second-order valence-corrected chi connectivity index (χ2v) is 6.41. The summed E-state index contributed by atoms with van der Waals surface area (Å²) in [4.78, 5) is 0. The minimum Gasteiger partial charge on any atom is -0.396 e. The maximum atomic E-state index is 8.99. The summed E-state index contributed by atoms with van der Waals surface area (Å²) in [5.41, 5.74) is 0.261. The molecule has 100 valence electrons. The third kappa shape index (κ3) is 3.43. The summed E-state index contributed by atoms with van der Waals surface area (Å²) >= 11 is 0. The molecule has 1 saturated carbocycles. The molecule has 0 aromatic carbocycles. The van der Waals surface area contributed by atoms with Gasteiger partial charge in [-0.2, -0.15) is 0 Å². The van der Waals surface area contributed by atoms with E-state index in [-0.39, 0.29) is 17.7 Å². The van der Waals surface area contributed by atoms with Crippen LogP contribution in [0.3, 0.4) is 0 Å². The highest BCUT2D eigenvalue weighted by Crippen LogP contribution is 2.43. The lowest BCUT2D eigenvalue weighted by Crippen LogP contribution is -2.44. The van der Waals surface area contributed by atoms with Gasteiger partial charge in [-0.15, -0.1) is 0 Å². The maximum Gasteiger partial charge on any atom is 0.0708 e. The molecule has 1 atom stereocenters. The lowest BCUT2D eigenvalue weighted by atomic mass is 9.98. The first-order chi connectivity index (χ1) is 8.05. The number of aliphatic hydroxyl groups excluding tert-OH is 1. The van der Waals surface area contributed by atoms with E-state index in [2.05, 4.69) is 19.2 Å². The highest BCUT2D eigenvalue weighted by Gasteiger charge is 2.42. The van der Waals surface area contributed by atoms with E-state index in [0.717, 1.165) is 13.0 Å². The zero-order valence-corrected chi connectivity index (χ0v) is 11.3. The van der Waals surface area contributed by atoms with Crippen molar-refractivity contribution in [3.05, 3.63) is 0 Å². The summed E-state index contributed by atoms with van der Waals surface area (Å²) in [6.07, 6.45) is 8.85. The normalized spacial score (nSPS) is 28.1. The topological polar surface area (TPSA) is 41.5 Å². The number of hydrogen-bond acceptors (Lipinski definition) is 3. The molecule has 3 nitrogen and oxygen atoms in total. The molecule has 1 aliphatic heterocycles. The quantitative estimate of drug-likeness (QED) is 0.775. The van der Waals surface area contributed by atoms with Crippen molar-refractivity contribution < 1.29 is 9.84 Å². The van der Waals surface area contributed by atoms with Crippen LogP contribution in [0.1, 0.15) is 58.8 Å². The first-order valence-corrected chi connectivity index (χ1v) is 7.09. The lowest BCUT2D eigenvalue weighted by molar-refractivity contribution is -0.0373. The van der Waals surface area contributed by atoms with Crippen LogP contribution in [0.4, 0.5) is 0 Å². The van der Waals surface area contributed by atoms with Gasteiger partial charge in [0.1, 0.15) is 0 Å². The second-order valence-electron chi connectivity index (χ2n) is 6.41. The van der Waals surface area contributed by atoms with Crippen LogP contribution >= 0.6 is 0 Å². The zero-order chi connectivity index (χ0) is 12.4. The van der Waals surface area contributed by atoms with Crippen LogP contribution < -0.4 is 5.32 Å². The number of nitrogens with one attached hydrogen (secondary N) is 1. The molecule has 0 bridgehead atoms. The molecule has 2 N–H and O–H groups in total. The summed E-state index contributed by atoms with van der Waals surface area (Å²) < 4.78 is 6.26. The van der Waals surface area contributed by atoms with Gasteiger partial charge in [-0.25, -0.2) is 0 Å². The Hall–Kier alpha value is -0.120. The SMILES string of the molecule is CC(C)(CCO)NCC1CCC2(CCCC2)O1. The summed E-state index contributed by atoms with van der Waals surface area (Å²) in [5.74, 6) is 0. The highest BCUT2D eigenvalue weighted by atomic mass is 16.5. The summed E-state index contributed by atoms with van der Waals surface area (Å²) in [6.45, 7) is 5.46. The molecule has 1 heterocycles. The Morgan fingerprint density at radius 3 is 2.65 bits per heavy atom. The van der Waals surface area contributed by atoms with E-state index >= 15 is 0 Å². The third-order valence-corrected chi connectivity index (χ3v) is 4.40. The van der Waals surface area contributed by atoms with Crippen molar-refractivity contribution in [3.8, 4) is 0 Å². The van der Waals surface area contributed by atoms with Crippen LogP contribution in [0.25, 0.3) is 0 Å². The molecule has 0 radical (unpaired) electrons. The average molecular weight is 241 g/mol. The fourth-order valence-corrected chi connectivity index (χ4v) is 3.18. The summed E-state index contributed by atoms with van der Waals surface area (Å²) in [6, 6.07) is 0. The van der Waals surface area contributed by atoms with Crippen molar-refractivity contribution in [1.29, 1.82) is 0 Å². The summed E-state index contributed by atoms with van der Waals surface area (Å²) in [5, 5.41) is 12.5. The Morgan fingerprint density at radius 2 is 2.00 bits per heavy atom. The fourth-order valence-electron chi connectivity index (χ4n) is 3.18. The molecule has 1 unspecified atom stereocenters. The van der Waals surface area contributed by atoms with Gasteiger partial charge in [0.2, 0.25) is 0 Å². The van der Waals surface area contributed by atoms with E-state index in [4.69, 9.17) is 9.84 Å². The van der Waals surface area contributed by atoms with Crippen molar-refractivity contribution in [2.45, 2.75) is 76.0 Å². The largest absolute Gasteiger partial charge is 0.396 e. The highest BCUT2D eigenvalue weighted by molar-refractivity contribution is 4.94. The molecule has 1 aliphatic carbocycles. The number of hydrogen-bond donors (Lipinski definition) is 2. The van der Waals surface area contributed by atoms with Crippen LogP contribution in [0.2, 0.25) is 0 Å². The average Bonchev–Trinajstić information content (AvgIpc) is 2.87. The summed E-state index contributed by atoms with van der Waals surface area (Å²) in [7, 11) is 0. The molecule has 0 aromatic rings. The molecule has 17 heavy (non-hydrogen) atoms. The Labute approximate surface area is 105 Å². The minimum absolute atomic E-state index is 0.0174. The van der Waals surface area contributed by atoms with E-state index in [1.165, 1.54) is 38.5 Å². The standard InChI is InChI=1S/C14H27NO2/c1-13(2,9-10-16)15-11-12-5-8-14(17-12)6-3-4-7-14/h12,15-16H,3-11H2,1-2H3. The van der Waals surface area contributed by atoms with Crippen LogP contribution in [0.15, 0.2) is 0 Å². The molecular weight excluding hydrogens is 214 g/mol. The Morgan fingerprint density at radius 1 is 1.29 bits per heavy atom. The van der Waals surface area contributed by atoms with Crippen molar-refractivity contribution >= 4 is 0 Å². The molecule has 1 saturated heterocycles. The smallest absolute Gasteiger partial charge is 0.0708 e. The van der Waals surface area contributed by atoms with Gasteiger partial charge in [-0.1, -0.05) is 12.8 Å². The molecule has 1 spiro atoms. The van der Waals surface area contributed by atoms with Crippen LogP contribution in [-0.4, -0.2) is 35.5 Å². The number of ether oxygens (including phenoxy) is 1. The predicted octanol–water partition coefficient (Wildman–Crippen LogP) is 2.23. The molecule has 0 aromatic heterocycles. The molecular formula is C14H27NO2. The predicted molar refractivity (Wildman–Crippen MR) is 69.1 cm³/mol. The van der Waals surface area contributed by atoms with Gasteiger partial charge in [0.25, 0.3) is 0 Å². The lowest BCUT2D eigenvalue weighted by Gasteiger charge is -2.29. The molecule has 2 fully saturated rings. The Balaban J connectivity index is 1.74. The van der Waals surface area contributed by atoms with Crippen molar-refractivity contribution in [2.75, 3.05) is 13.2 Å². The van der Waals surface area contributed by atoms with Crippen LogP contribution in [0.5, 0.6) is 0 Å². The molecule has 0 amide bonds. The molecule has 3 heteroatoms. The fraction of sp³-hybridized carbons (Fsp3) is 1.00. The van der Waals surface area contributed by atoms with Gasteiger partial charge < -0.3 is 15.2 Å². The maximum absolute atomic E-state index is 8.99. The van der Waals surface area contributed by atoms with Gasteiger partial charge in [0, 0.05) is 18.7 Å². The third-order valence-electron chi connectivity index (χ3n) is 4.40. The van der Waals surface area contributed by atoms with Crippen molar-refractivity contribution in [3.63, 3.8) is 0 Å². The van der Waals surface area contributed by atoms with E-state index in [9.17, 15) is 0 Å².